The Labute approximate surface area is 125 Å². The Balaban J connectivity index is 1.81. The van der Waals surface area contributed by atoms with Crippen molar-refractivity contribution in [2.24, 2.45) is 13.0 Å². The summed E-state index contributed by atoms with van der Waals surface area (Å²) in [6.45, 7) is 2.29. The van der Waals surface area contributed by atoms with Crippen LogP contribution < -0.4 is 5.56 Å². The molecule has 1 aromatic rings. The standard InChI is InChI=1S/C17H24N2O2/c1-12-3-5-14(6-4-12)19(15-7-8-15)17(21)13-9-10-18(2)16(20)11-13/h9-12,14-15H,3-8H2,1-2H3. The van der Waals surface area contributed by atoms with Gasteiger partial charge in [-0.15, -0.1) is 0 Å². The molecule has 0 spiro atoms. The molecule has 0 radical (unpaired) electrons. The van der Waals surface area contributed by atoms with Gasteiger partial charge in [-0.2, -0.15) is 0 Å². The van der Waals surface area contributed by atoms with Crippen LogP contribution in [-0.4, -0.2) is 27.5 Å². The summed E-state index contributed by atoms with van der Waals surface area (Å²) in [5, 5.41) is 0. The monoisotopic (exact) mass is 288 g/mol. The number of amides is 1. The quantitative estimate of drug-likeness (QED) is 0.858. The maximum absolute atomic E-state index is 12.8. The van der Waals surface area contributed by atoms with E-state index in [0.29, 0.717) is 17.6 Å². The van der Waals surface area contributed by atoms with Gasteiger partial charge in [0, 0.05) is 37.0 Å². The Kier molecular flexibility index (Phi) is 3.87. The maximum Gasteiger partial charge on any atom is 0.254 e. The SMILES string of the molecule is CC1CCC(N(C(=O)c2ccn(C)c(=O)c2)C2CC2)CC1. The van der Waals surface area contributed by atoms with Gasteiger partial charge in [-0.25, -0.2) is 0 Å². The molecule has 2 fully saturated rings. The van der Waals surface area contributed by atoms with Crippen LogP contribution in [-0.2, 0) is 7.05 Å². The van der Waals surface area contributed by atoms with E-state index in [2.05, 4.69) is 11.8 Å². The molecule has 3 rings (SSSR count). The lowest BCUT2D eigenvalue weighted by atomic mass is 9.86. The number of rotatable bonds is 3. The fraction of sp³-hybridized carbons (Fsp3) is 0.647. The van der Waals surface area contributed by atoms with Gasteiger partial charge in [-0.05, 0) is 50.5 Å². The minimum atomic E-state index is -0.117. The molecular weight excluding hydrogens is 264 g/mol. The number of hydrogen-bond acceptors (Lipinski definition) is 2. The highest BCUT2D eigenvalue weighted by Crippen LogP contribution is 2.36. The van der Waals surface area contributed by atoms with Crippen LogP contribution in [0.15, 0.2) is 23.1 Å². The van der Waals surface area contributed by atoms with Crippen molar-refractivity contribution in [1.82, 2.24) is 9.47 Å². The first-order valence-corrected chi connectivity index (χ1v) is 8.05. The van der Waals surface area contributed by atoms with Crippen molar-refractivity contribution in [3.8, 4) is 0 Å². The molecule has 0 saturated heterocycles. The third-order valence-corrected chi connectivity index (χ3v) is 4.90. The number of carbonyl (C=O) groups is 1. The molecule has 2 aliphatic rings. The lowest BCUT2D eigenvalue weighted by molar-refractivity contribution is 0.0592. The number of aryl methyl sites for hydroxylation is 1. The van der Waals surface area contributed by atoms with E-state index in [-0.39, 0.29) is 11.5 Å². The van der Waals surface area contributed by atoms with Crippen LogP contribution in [0.5, 0.6) is 0 Å². The summed E-state index contributed by atoms with van der Waals surface area (Å²) in [6, 6.07) is 4.01. The van der Waals surface area contributed by atoms with E-state index in [1.807, 2.05) is 0 Å². The Morgan fingerprint density at radius 1 is 1.14 bits per heavy atom. The summed E-state index contributed by atoms with van der Waals surface area (Å²) >= 11 is 0. The van der Waals surface area contributed by atoms with Gasteiger partial charge < -0.3 is 9.47 Å². The van der Waals surface area contributed by atoms with Gasteiger partial charge in [0.05, 0.1) is 0 Å². The third-order valence-electron chi connectivity index (χ3n) is 4.90. The second-order valence-corrected chi connectivity index (χ2v) is 6.72. The average Bonchev–Trinajstić information content (AvgIpc) is 3.29. The second kappa shape index (κ2) is 5.66. The van der Waals surface area contributed by atoms with Gasteiger partial charge in [0.1, 0.15) is 0 Å². The van der Waals surface area contributed by atoms with Crippen LogP contribution in [0.1, 0.15) is 55.8 Å². The largest absolute Gasteiger partial charge is 0.333 e. The van der Waals surface area contributed by atoms with E-state index < -0.39 is 0 Å². The third kappa shape index (κ3) is 3.04. The van der Waals surface area contributed by atoms with Crippen LogP contribution in [0.25, 0.3) is 0 Å². The van der Waals surface area contributed by atoms with E-state index in [4.69, 9.17) is 0 Å². The normalized spacial score (nSPS) is 25.6. The maximum atomic E-state index is 12.8. The molecule has 0 unspecified atom stereocenters. The predicted octanol–water partition coefficient (Wildman–Crippen LogP) is 2.57. The molecule has 2 aliphatic carbocycles. The van der Waals surface area contributed by atoms with Crippen molar-refractivity contribution in [2.75, 3.05) is 0 Å². The molecule has 114 valence electrons. The van der Waals surface area contributed by atoms with Gasteiger partial charge in [-0.3, -0.25) is 9.59 Å². The molecule has 0 aliphatic heterocycles. The molecule has 1 aromatic heterocycles. The molecule has 2 saturated carbocycles. The van der Waals surface area contributed by atoms with E-state index in [1.54, 1.807) is 19.3 Å². The molecule has 4 heteroatoms. The number of nitrogens with zero attached hydrogens (tertiary/aromatic N) is 2. The molecular formula is C17H24N2O2. The van der Waals surface area contributed by atoms with E-state index in [0.717, 1.165) is 31.6 Å². The summed E-state index contributed by atoms with van der Waals surface area (Å²) in [4.78, 5) is 26.7. The highest BCUT2D eigenvalue weighted by molar-refractivity contribution is 5.94. The first kappa shape index (κ1) is 14.4. The molecule has 0 atom stereocenters. The van der Waals surface area contributed by atoms with Crippen molar-refractivity contribution >= 4 is 5.91 Å². The van der Waals surface area contributed by atoms with Gasteiger partial charge >= 0.3 is 0 Å². The van der Waals surface area contributed by atoms with Crippen molar-refractivity contribution < 1.29 is 4.79 Å². The summed E-state index contributed by atoms with van der Waals surface area (Å²) in [7, 11) is 1.71. The minimum absolute atomic E-state index is 0.0507. The van der Waals surface area contributed by atoms with Gasteiger partial charge in [0.15, 0.2) is 0 Å². The Hall–Kier alpha value is -1.58. The first-order valence-electron chi connectivity index (χ1n) is 8.05. The number of pyridine rings is 1. The van der Waals surface area contributed by atoms with Crippen LogP contribution >= 0.6 is 0 Å². The Bertz CT molecular complexity index is 581. The molecule has 1 amide bonds. The van der Waals surface area contributed by atoms with Gasteiger partial charge in [0.25, 0.3) is 11.5 Å². The number of hydrogen-bond donors (Lipinski definition) is 0. The average molecular weight is 288 g/mol. The molecule has 21 heavy (non-hydrogen) atoms. The van der Waals surface area contributed by atoms with Crippen molar-refractivity contribution in [3.05, 3.63) is 34.2 Å². The van der Waals surface area contributed by atoms with Crippen molar-refractivity contribution in [3.63, 3.8) is 0 Å². The van der Waals surface area contributed by atoms with Crippen LogP contribution in [0.2, 0.25) is 0 Å². The first-order chi connectivity index (χ1) is 10.1. The topological polar surface area (TPSA) is 42.3 Å². The minimum Gasteiger partial charge on any atom is -0.333 e. The lowest BCUT2D eigenvalue weighted by Crippen LogP contribution is -2.44. The van der Waals surface area contributed by atoms with Crippen molar-refractivity contribution in [1.29, 1.82) is 0 Å². The second-order valence-electron chi connectivity index (χ2n) is 6.72. The van der Waals surface area contributed by atoms with Crippen LogP contribution in [0, 0.1) is 5.92 Å². The Morgan fingerprint density at radius 3 is 2.24 bits per heavy atom. The van der Waals surface area contributed by atoms with E-state index in [1.165, 1.54) is 23.5 Å². The smallest absolute Gasteiger partial charge is 0.254 e. The fourth-order valence-corrected chi connectivity index (χ4v) is 3.33. The summed E-state index contributed by atoms with van der Waals surface area (Å²) in [6.07, 6.45) is 8.53. The summed E-state index contributed by atoms with van der Waals surface area (Å²) in [5.74, 6) is 0.830. The Morgan fingerprint density at radius 2 is 1.71 bits per heavy atom. The fourth-order valence-electron chi connectivity index (χ4n) is 3.33. The number of carbonyl (C=O) groups excluding carboxylic acids is 1. The highest BCUT2D eigenvalue weighted by atomic mass is 16.2. The summed E-state index contributed by atoms with van der Waals surface area (Å²) in [5.41, 5.74) is 0.428. The van der Waals surface area contributed by atoms with Gasteiger partial charge in [0.2, 0.25) is 0 Å². The van der Waals surface area contributed by atoms with E-state index in [9.17, 15) is 9.59 Å². The van der Waals surface area contributed by atoms with E-state index >= 15 is 0 Å². The molecule has 0 aromatic carbocycles. The molecule has 0 bridgehead atoms. The lowest BCUT2D eigenvalue weighted by Gasteiger charge is -2.36. The highest BCUT2D eigenvalue weighted by Gasteiger charge is 2.38. The van der Waals surface area contributed by atoms with Crippen LogP contribution in [0.3, 0.4) is 0 Å². The zero-order valence-corrected chi connectivity index (χ0v) is 12.9. The number of aromatic nitrogens is 1. The van der Waals surface area contributed by atoms with Crippen LogP contribution in [0.4, 0.5) is 0 Å². The van der Waals surface area contributed by atoms with Gasteiger partial charge in [-0.1, -0.05) is 6.92 Å². The summed E-state index contributed by atoms with van der Waals surface area (Å²) < 4.78 is 1.50. The molecule has 1 heterocycles. The molecule has 0 N–H and O–H groups in total. The zero-order valence-electron chi connectivity index (χ0n) is 12.9. The predicted molar refractivity (Wildman–Crippen MR) is 82.3 cm³/mol. The molecule has 4 nitrogen and oxygen atoms in total. The zero-order chi connectivity index (χ0) is 15.0. The van der Waals surface area contributed by atoms with Crippen molar-refractivity contribution in [2.45, 2.75) is 57.5 Å².